The van der Waals surface area contributed by atoms with Crippen LogP contribution in [0.1, 0.15) is 5.56 Å². The molecule has 0 atom stereocenters. The molecule has 6 heteroatoms. The van der Waals surface area contributed by atoms with E-state index in [1.165, 1.54) is 12.1 Å². The number of hydrogen-bond donors (Lipinski definition) is 0. The van der Waals surface area contributed by atoms with E-state index in [9.17, 15) is 13.2 Å². The molecule has 0 unspecified atom stereocenters. The monoisotopic (exact) mass is 309 g/mol. The molecule has 16 heavy (non-hydrogen) atoms. The van der Waals surface area contributed by atoms with Gasteiger partial charge in [0.15, 0.2) is 0 Å². The van der Waals surface area contributed by atoms with Crippen molar-refractivity contribution in [2.45, 2.75) is 6.18 Å². The minimum absolute atomic E-state index is 0.0370. The molecular formula is C10H4BrClF3N. The van der Waals surface area contributed by atoms with Crippen LogP contribution in [0.2, 0.25) is 5.15 Å². The van der Waals surface area contributed by atoms with Crippen molar-refractivity contribution in [3.05, 3.63) is 39.6 Å². The molecule has 0 saturated heterocycles. The quantitative estimate of drug-likeness (QED) is 0.644. The van der Waals surface area contributed by atoms with Crippen molar-refractivity contribution in [1.29, 1.82) is 0 Å². The lowest BCUT2D eigenvalue weighted by Gasteiger charge is -2.11. The largest absolute Gasteiger partial charge is 0.418 e. The summed E-state index contributed by atoms with van der Waals surface area (Å²) in [5.74, 6) is 0. The summed E-state index contributed by atoms with van der Waals surface area (Å²) in [6, 6.07) is 4.65. The second kappa shape index (κ2) is 3.89. The van der Waals surface area contributed by atoms with Gasteiger partial charge in [-0.25, -0.2) is 4.98 Å². The van der Waals surface area contributed by atoms with E-state index < -0.39 is 11.7 Å². The zero-order valence-electron chi connectivity index (χ0n) is 7.65. The molecule has 0 amide bonds. The minimum Gasteiger partial charge on any atom is -0.243 e. The van der Waals surface area contributed by atoms with Gasteiger partial charge in [0.25, 0.3) is 0 Å². The first-order valence-electron chi connectivity index (χ1n) is 4.21. The Morgan fingerprint density at radius 2 is 1.94 bits per heavy atom. The Morgan fingerprint density at radius 3 is 2.56 bits per heavy atom. The number of alkyl halides is 3. The van der Waals surface area contributed by atoms with Crippen LogP contribution in [0.3, 0.4) is 0 Å². The summed E-state index contributed by atoms with van der Waals surface area (Å²) in [6.45, 7) is 0. The molecule has 0 saturated carbocycles. The predicted octanol–water partition coefficient (Wildman–Crippen LogP) is 4.67. The average Bonchev–Trinajstić information content (AvgIpc) is 2.18. The first-order valence-corrected chi connectivity index (χ1v) is 5.38. The highest BCUT2D eigenvalue weighted by molar-refractivity contribution is 9.10. The van der Waals surface area contributed by atoms with Crippen LogP contribution in [0.15, 0.2) is 28.9 Å². The van der Waals surface area contributed by atoms with Crippen LogP contribution in [0, 0.1) is 0 Å². The molecule has 1 aromatic carbocycles. The fraction of sp³-hybridized carbons (Fsp3) is 0.100. The molecule has 0 radical (unpaired) electrons. The van der Waals surface area contributed by atoms with E-state index in [0.29, 0.717) is 4.47 Å². The van der Waals surface area contributed by atoms with E-state index in [4.69, 9.17) is 11.6 Å². The molecular weight excluding hydrogens is 306 g/mol. The number of halogens is 5. The van der Waals surface area contributed by atoms with Crippen LogP contribution < -0.4 is 0 Å². The molecule has 1 nitrogen and oxygen atoms in total. The van der Waals surface area contributed by atoms with E-state index in [-0.39, 0.29) is 15.9 Å². The van der Waals surface area contributed by atoms with Gasteiger partial charge in [0.05, 0.1) is 5.56 Å². The van der Waals surface area contributed by atoms with Gasteiger partial charge in [-0.05, 0) is 6.07 Å². The zero-order chi connectivity index (χ0) is 11.9. The Kier molecular flexibility index (Phi) is 2.84. The Labute approximate surface area is 102 Å². The zero-order valence-corrected chi connectivity index (χ0v) is 9.99. The van der Waals surface area contributed by atoms with E-state index in [1.54, 1.807) is 6.07 Å². The maximum Gasteiger partial charge on any atom is 0.418 e. The topological polar surface area (TPSA) is 12.9 Å². The molecule has 1 aromatic heterocycles. The summed E-state index contributed by atoms with van der Waals surface area (Å²) in [6.07, 6.45) is -3.70. The lowest BCUT2D eigenvalue weighted by atomic mass is 10.1. The van der Waals surface area contributed by atoms with Crippen LogP contribution in [0.4, 0.5) is 13.2 Å². The van der Waals surface area contributed by atoms with Crippen LogP contribution in [-0.2, 0) is 6.18 Å². The summed E-state index contributed by atoms with van der Waals surface area (Å²) < 4.78 is 38.5. The highest BCUT2D eigenvalue weighted by Gasteiger charge is 2.34. The highest BCUT2D eigenvalue weighted by Crippen LogP contribution is 2.39. The van der Waals surface area contributed by atoms with Gasteiger partial charge in [-0.3, -0.25) is 0 Å². The van der Waals surface area contributed by atoms with Gasteiger partial charge in [-0.2, -0.15) is 13.2 Å². The summed E-state index contributed by atoms with van der Waals surface area (Å²) in [4.78, 5) is 3.54. The van der Waals surface area contributed by atoms with Gasteiger partial charge in [0.2, 0.25) is 0 Å². The van der Waals surface area contributed by atoms with Crippen LogP contribution in [0.25, 0.3) is 10.8 Å². The van der Waals surface area contributed by atoms with Gasteiger partial charge >= 0.3 is 6.18 Å². The minimum atomic E-state index is -4.44. The van der Waals surface area contributed by atoms with Crippen LogP contribution in [-0.4, -0.2) is 4.98 Å². The molecule has 0 aliphatic heterocycles. The van der Waals surface area contributed by atoms with Crippen molar-refractivity contribution in [3.63, 3.8) is 0 Å². The average molecular weight is 311 g/mol. The number of benzene rings is 1. The third kappa shape index (κ3) is 1.89. The van der Waals surface area contributed by atoms with Gasteiger partial charge in [0, 0.05) is 21.4 Å². The summed E-state index contributed by atoms with van der Waals surface area (Å²) in [5, 5.41) is 0.380. The van der Waals surface area contributed by atoms with E-state index >= 15 is 0 Å². The van der Waals surface area contributed by atoms with Gasteiger partial charge in [-0.15, -0.1) is 0 Å². The second-order valence-corrected chi connectivity index (χ2v) is 4.34. The highest BCUT2D eigenvalue weighted by atomic mass is 79.9. The number of nitrogens with zero attached hydrogens (tertiary/aromatic N) is 1. The molecule has 2 rings (SSSR count). The van der Waals surface area contributed by atoms with E-state index in [2.05, 4.69) is 20.9 Å². The Balaban J connectivity index is 2.92. The predicted molar refractivity (Wildman–Crippen MR) is 59.5 cm³/mol. The molecule has 0 bridgehead atoms. The van der Waals surface area contributed by atoms with Crippen molar-refractivity contribution in [1.82, 2.24) is 4.98 Å². The van der Waals surface area contributed by atoms with Gasteiger partial charge in [0.1, 0.15) is 5.15 Å². The van der Waals surface area contributed by atoms with E-state index in [1.807, 2.05) is 0 Å². The summed E-state index contributed by atoms with van der Waals surface area (Å²) in [7, 11) is 0. The fourth-order valence-corrected chi connectivity index (χ4v) is 2.23. The van der Waals surface area contributed by atoms with Gasteiger partial charge in [-0.1, -0.05) is 39.7 Å². The lowest BCUT2D eigenvalue weighted by Crippen LogP contribution is -2.07. The summed E-state index contributed by atoms with van der Waals surface area (Å²) >= 11 is 8.84. The van der Waals surface area contributed by atoms with Crippen molar-refractivity contribution in [2.24, 2.45) is 0 Å². The Morgan fingerprint density at radius 1 is 1.25 bits per heavy atom. The van der Waals surface area contributed by atoms with E-state index in [0.717, 1.165) is 6.20 Å². The summed E-state index contributed by atoms with van der Waals surface area (Å²) in [5.41, 5.74) is -0.792. The fourth-order valence-electron chi connectivity index (χ4n) is 1.44. The molecule has 0 fully saturated rings. The number of pyridine rings is 1. The Hall–Kier alpha value is -0.810. The first-order chi connectivity index (χ1) is 7.41. The molecule has 1 heterocycles. The molecule has 84 valence electrons. The first kappa shape index (κ1) is 11.7. The number of fused-ring (bicyclic) bond motifs is 1. The van der Waals surface area contributed by atoms with Crippen molar-refractivity contribution >= 4 is 38.3 Å². The Bertz CT molecular complexity index is 553. The van der Waals surface area contributed by atoms with Crippen LogP contribution in [0.5, 0.6) is 0 Å². The molecule has 0 spiro atoms. The molecule has 2 aromatic rings. The van der Waals surface area contributed by atoms with Gasteiger partial charge < -0.3 is 0 Å². The normalized spacial score (nSPS) is 12.1. The SMILES string of the molecule is FC(F)(F)c1cnc(Cl)c2cccc(Br)c12. The third-order valence-electron chi connectivity index (χ3n) is 2.12. The number of hydrogen-bond acceptors (Lipinski definition) is 1. The number of aromatic nitrogens is 1. The number of rotatable bonds is 0. The van der Waals surface area contributed by atoms with Crippen molar-refractivity contribution < 1.29 is 13.2 Å². The van der Waals surface area contributed by atoms with Crippen LogP contribution >= 0.6 is 27.5 Å². The third-order valence-corrected chi connectivity index (χ3v) is 3.08. The smallest absolute Gasteiger partial charge is 0.243 e. The molecule has 0 N–H and O–H groups in total. The maximum atomic E-state index is 12.7. The van der Waals surface area contributed by atoms with Crippen molar-refractivity contribution in [2.75, 3.05) is 0 Å². The molecule has 0 aliphatic rings. The lowest BCUT2D eigenvalue weighted by molar-refractivity contribution is -0.136. The van der Waals surface area contributed by atoms with Crippen molar-refractivity contribution in [3.8, 4) is 0 Å². The molecule has 0 aliphatic carbocycles. The second-order valence-electron chi connectivity index (χ2n) is 3.12. The standard InChI is InChI=1S/C10H4BrClF3N/c11-7-3-1-2-5-8(7)6(10(13,14)15)4-16-9(5)12/h1-4H. The maximum absolute atomic E-state index is 12.7.